The molecule has 2 aromatic carbocycles. The lowest BCUT2D eigenvalue weighted by Crippen LogP contribution is -2.59. The van der Waals surface area contributed by atoms with Gasteiger partial charge in [0.25, 0.3) is 0 Å². The third-order valence-corrected chi connectivity index (χ3v) is 6.95. The molecule has 4 bridgehead atoms. The number of anilines is 1. The van der Waals surface area contributed by atoms with E-state index in [-0.39, 0.29) is 11.4 Å². The van der Waals surface area contributed by atoms with Gasteiger partial charge in [-0.15, -0.1) is 0 Å². The lowest BCUT2D eigenvalue weighted by molar-refractivity contribution is -0.116. The second kappa shape index (κ2) is 6.79. The predicted octanol–water partition coefficient (Wildman–Crippen LogP) is 4.85. The molecule has 0 aliphatic heterocycles. The zero-order chi connectivity index (χ0) is 18.3. The number of carbonyl (C=O) groups excluding carboxylic acids is 1. The zero-order valence-electron chi connectivity index (χ0n) is 15.8. The first kappa shape index (κ1) is 17.0. The average Bonchev–Trinajstić information content (AvgIpc) is 2.67. The zero-order valence-corrected chi connectivity index (χ0v) is 15.8. The van der Waals surface area contributed by atoms with Crippen molar-refractivity contribution in [1.29, 1.82) is 0 Å². The van der Waals surface area contributed by atoms with Gasteiger partial charge in [-0.2, -0.15) is 0 Å². The number of nitrogens with one attached hydrogen (secondary N) is 2. The van der Waals surface area contributed by atoms with Gasteiger partial charge < -0.3 is 10.6 Å². The molecular weight excluding hydrogens is 332 g/mol. The van der Waals surface area contributed by atoms with E-state index in [1.165, 1.54) is 38.5 Å². The summed E-state index contributed by atoms with van der Waals surface area (Å²) in [5, 5.41) is 6.83. The largest absolute Gasteiger partial charge is 0.324 e. The van der Waals surface area contributed by atoms with Gasteiger partial charge in [0.05, 0.1) is 6.54 Å². The number of benzene rings is 2. The molecule has 4 saturated carbocycles. The number of carbonyl (C=O) groups is 1. The van der Waals surface area contributed by atoms with Crippen LogP contribution in [0.2, 0.25) is 0 Å². The Bertz CT molecular complexity index is 794. The molecule has 2 N–H and O–H groups in total. The Kier molecular flexibility index (Phi) is 4.28. The van der Waals surface area contributed by atoms with Crippen LogP contribution in [0, 0.1) is 17.8 Å². The molecule has 2 aromatic rings. The third kappa shape index (κ3) is 3.41. The summed E-state index contributed by atoms with van der Waals surface area (Å²) in [6, 6.07) is 18.3. The monoisotopic (exact) mass is 360 g/mol. The summed E-state index contributed by atoms with van der Waals surface area (Å²) < 4.78 is 0. The predicted molar refractivity (Wildman–Crippen MR) is 109 cm³/mol. The fraction of sp³-hybridized carbons (Fsp3) is 0.458. The van der Waals surface area contributed by atoms with Crippen molar-refractivity contribution >= 4 is 11.6 Å². The highest BCUT2D eigenvalue weighted by atomic mass is 16.1. The van der Waals surface area contributed by atoms with Crippen LogP contribution in [0.15, 0.2) is 54.6 Å². The highest BCUT2D eigenvalue weighted by Gasteiger charge is 2.50. The minimum absolute atomic E-state index is 0.0640. The molecule has 4 aliphatic carbocycles. The molecule has 0 radical (unpaired) electrons. The molecule has 140 valence electrons. The van der Waals surface area contributed by atoms with Crippen molar-refractivity contribution in [2.45, 2.75) is 44.1 Å². The summed E-state index contributed by atoms with van der Waals surface area (Å²) in [4.78, 5) is 12.7. The molecular formula is C24H28N2O. The van der Waals surface area contributed by atoms with E-state index in [1.807, 2.05) is 36.4 Å². The van der Waals surface area contributed by atoms with Crippen molar-refractivity contribution in [2.75, 3.05) is 11.9 Å². The van der Waals surface area contributed by atoms with Crippen molar-refractivity contribution in [3.63, 3.8) is 0 Å². The van der Waals surface area contributed by atoms with Crippen LogP contribution in [-0.2, 0) is 4.79 Å². The van der Waals surface area contributed by atoms with Crippen LogP contribution in [0.3, 0.4) is 0 Å². The van der Waals surface area contributed by atoms with Crippen LogP contribution in [-0.4, -0.2) is 18.0 Å². The molecule has 27 heavy (non-hydrogen) atoms. The second-order valence-electron chi connectivity index (χ2n) is 9.01. The average molecular weight is 361 g/mol. The van der Waals surface area contributed by atoms with Crippen molar-refractivity contribution in [3.8, 4) is 11.1 Å². The quantitative estimate of drug-likeness (QED) is 0.800. The van der Waals surface area contributed by atoms with Crippen LogP contribution in [0.1, 0.15) is 38.5 Å². The number of hydrogen-bond donors (Lipinski definition) is 2. The molecule has 3 heteroatoms. The normalized spacial score (nSPS) is 31.0. The minimum atomic E-state index is 0.0640. The molecule has 0 unspecified atom stereocenters. The maximum absolute atomic E-state index is 12.7. The van der Waals surface area contributed by atoms with Crippen LogP contribution in [0.25, 0.3) is 11.1 Å². The summed E-state index contributed by atoms with van der Waals surface area (Å²) in [5.41, 5.74) is 3.31. The van der Waals surface area contributed by atoms with Crippen molar-refractivity contribution < 1.29 is 4.79 Å². The Morgan fingerprint density at radius 1 is 0.852 bits per heavy atom. The van der Waals surface area contributed by atoms with Gasteiger partial charge in [0.15, 0.2) is 0 Å². The molecule has 4 fully saturated rings. The van der Waals surface area contributed by atoms with Crippen LogP contribution < -0.4 is 10.6 Å². The Morgan fingerprint density at radius 2 is 1.44 bits per heavy atom. The van der Waals surface area contributed by atoms with Gasteiger partial charge in [0.1, 0.15) is 0 Å². The maximum atomic E-state index is 12.7. The highest BCUT2D eigenvalue weighted by molar-refractivity contribution is 5.96. The Morgan fingerprint density at radius 3 is 2.11 bits per heavy atom. The topological polar surface area (TPSA) is 41.1 Å². The Balaban J connectivity index is 1.26. The molecule has 0 aromatic heterocycles. The SMILES string of the molecule is O=C(CNC12CC3CC(CC(C3)C1)C2)Nc1ccccc1-c1ccccc1. The molecule has 0 saturated heterocycles. The van der Waals surface area contributed by atoms with Crippen LogP contribution in [0.5, 0.6) is 0 Å². The lowest BCUT2D eigenvalue weighted by Gasteiger charge is -2.57. The van der Waals surface area contributed by atoms with E-state index in [0.29, 0.717) is 6.54 Å². The van der Waals surface area contributed by atoms with E-state index >= 15 is 0 Å². The van der Waals surface area contributed by atoms with E-state index in [2.05, 4.69) is 28.8 Å². The van der Waals surface area contributed by atoms with Crippen molar-refractivity contribution in [1.82, 2.24) is 5.32 Å². The Labute approximate surface area is 161 Å². The van der Waals surface area contributed by atoms with Gasteiger partial charge in [-0.25, -0.2) is 0 Å². The van der Waals surface area contributed by atoms with E-state index in [1.54, 1.807) is 0 Å². The fourth-order valence-electron chi connectivity index (χ4n) is 6.25. The van der Waals surface area contributed by atoms with E-state index in [9.17, 15) is 4.79 Å². The third-order valence-electron chi connectivity index (χ3n) is 6.95. The first-order valence-corrected chi connectivity index (χ1v) is 10.4. The van der Waals surface area contributed by atoms with Gasteiger partial charge >= 0.3 is 0 Å². The second-order valence-corrected chi connectivity index (χ2v) is 9.01. The first-order chi connectivity index (χ1) is 13.2. The van der Waals surface area contributed by atoms with Gasteiger partial charge in [0.2, 0.25) is 5.91 Å². The van der Waals surface area contributed by atoms with Gasteiger partial charge in [0, 0.05) is 16.8 Å². The highest BCUT2D eigenvalue weighted by Crippen LogP contribution is 2.55. The van der Waals surface area contributed by atoms with E-state index in [0.717, 1.165) is 34.6 Å². The number of para-hydroxylation sites is 1. The molecule has 3 nitrogen and oxygen atoms in total. The molecule has 0 spiro atoms. The summed E-state index contributed by atoms with van der Waals surface area (Å²) in [6.07, 6.45) is 8.10. The molecule has 1 amide bonds. The molecule has 0 heterocycles. The summed E-state index contributed by atoms with van der Waals surface area (Å²) in [7, 11) is 0. The fourth-order valence-corrected chi connectivity index (χ4v) is 6.25. The van der Waals surface area contributed by atoms with Gasteiger partial charge in [-0.1, -0.05) is 48.5 Å². The summed E-state index contributed by atoms with van der Waals surface area (Å²) in [6.45, 7) is 0.412. The van der Waals surface area contributed by atoms with E-state index < -0.39 is 0 Å². The van der Waals surface area contributed by atoms with Gasteiger partial charge in [-0.3, -0.25) is 4.79 Å². The van der Waals surface area contributed by atoms with Crippen LogP contribution in [0.4, 0.5) is 5.69 Å². The standard InChI is InChI=1S/C24H28N2O/c27-23(16-25-24-13-17-10-18(14-24)12-19(11-17)15-24)26-22-9-5-4-8-21(22)20-6-2-1-3-7-20/h1-9,17-19,25H,10-16H2,(H,26,27). The number of amides is 1. The van der Waals surface area contributed by atoms with Crippen LogP contribution >= 0.6 is 0 Å². The summed E-state index contributed by atoms with van der Waals surface area (Å²) in [5.74, 6) is 2.75. The molecule has 0 atom stereocenters. The van der Waals surface area contributed by atoms with Gasteiger partial charge in [-0.05, 0) is 67.9 Å². The lowest BCUT2D eigenvalue weighted by atomic mass is 9.53. The number of hydrogen-bond acceptors (Lipinski definition) is 2. The number of rotatable bonds is 5. The maximum Gasteiger partial charge on any atom is 0.238 e. The molecule has 6 rings (SSSR count). The smallest absolute Gasteiger partial charge is 0.238 e. The summed E-state index contributed by atoms with van der Waals surface area (Å²) >= 11 is 0. The van der Waals surface area contributed by atoms with Crippen molar-refractivity contribution in [3.05, 3.63) is 54.6 Å². The Hall–Kier alpha value is -2.13. The van der Waals surface area contributed by atoms with E-state index in [4.69, 9.17) is 0 Å². The minimum Gasteiger partial charge on any atom is -0.324 e. The first-order valence-electron chi connectivity index (χ1n) is 10.4. The molecule has 4 aliphatic rings. The van der Waals surface area contributed by atoms with Crippen molar-refractivity contribution in [2.24, 2.45) is 17.8 Å².